The van der Waals surface area contributed by atoms with Gasteiger partial charge >= 0.3 is 5.97 Å². The zero-order valence-corrected chi connectivity index (χ0v) is 14.1. The number of benzene rings is 1. The number of carboxylic acids is 1. The van der Waals surface area contributed by atoms with E-state index in [0.717, 1.165) is 0 Å². The number of carboxylic acid groups (broad SMARTS) is 1. The summed E-state index contributed by atoms with van der Waals surface area (Å²) in [5.41, 5.74) is 0.500. The molecule has 7 heteroatoms. The van der Waals surface area contributed by atoms with Crippen LogP contribution in [0.5, 0.6) is 5.75 Å². The van der Waals surface area contributed by atoms with Gasteiger partial charge in [-0.05, 0) is 31.9 Å². The Balaban J connectivity index is 2.27. The summed E-state index contributed by atoms with van der Waals surface area (Å²) in [4.78, 5) is 37.6. The lowest BCUT2D eigenvalue weighted by Crippen LogP contribution is -2.56. The maximum Gasteiger partial charge on any atom is 0.326 e. The standard InChI is InChI=1S/C17H22N2O5/c1-9(2)14(17(22)23)18-15(20)10(3)19-12-7-5-6-8-13(12)24-11(4)16(19)21/h5-11,14H,1-4H3,(H,18,20)(H,22,23). The van der Waals surface area contributed by atoms with Gasteiger partial charge in [-0.2, -0.15) is 0 Å². The molecule has 0 aliphatic carbocycles. The Kier molecular flexibility index (Phi) is 5.11. The molecule has 1 aromatic carbocycles. The lowest BCUT2D eigenvalue weighted by atomic mass is 10.0. The van der Waals surface area contributed by atoms with Crippen molar-refractivity contribution in [3.63, 3.8) is 0 Å². The number of fused-ring (bicyclic) bond motifs is 1. The molecule has 2 rings (SSSR count). The molecular formula is C17H22N2O5. The van der Waals surface area contributed by atoms with Crippen LogP contribution in [0.25, 0.3) is 0 Å². The van der Waals surface area contributed by atoms with E-state index in [1.165, 1.54) is 4.90 Å². The van der Waals surface area contributed by atoms with E-state index in [1.54, 1.807) is 52.0 Å². The van der Waals surface area contributed by atoms with Crippen LogP contribution in [0.15, 0.2) is 24.3 Å². The maximum absolute atomic E-state index is 12.5. The molecule has 1 heterocycles. The number of nitrogens with zero attached hydrogens (tertiary/aromatic N) is 1. The van der Waals surface area contributed by atoms with Crippen molar-refractivity contribution < 1.29 is 24.2 Å². The van der Waals surface area contributed by atoms with Crippen LogP contribution < -0.4 is 15.0 Å². The zero-order chi connectivity index (χ0) is 18.0. The molecule has 0 fully saturated rings. The summed E-state index contributed by atoms with van der Waals surface area (Å²) in [5, 5.41) is 11.7. The van der Waals surface area contributed by atoms with Gasteiger partial charge in [0.15, 0.2) is 6.10 Å². The molecule has 2 amide bonds. The highest BCUT2D eigenvalue weighted by molar-refractivity contribution is 6.05. The molecule has 3 atom stereocenters. The van der Waals surface area contributed by atoms with Crippen LogP contribution in [0.1, 0.15) is 27.7 Å². The fraction of sp³-hybridized carbons (Fsp3) is 0.471. The molecule has 3 unspecified atom stereocenters. The predicted octanol–water partition coefficient (Wildman–Crippen LogP) is 1.41. The van der Waals surface area contributed by atoms with Gasteiger partial charge in [-0.15, -0.1) is 0 Å². The lowest BCUT2D eigenvalue weighted by molar-refractivity contribution is -0.143. The van der Waals surface area contributed by atoms with Crippen LogP contribution in [0.3, 0.4) is 0 Å². The number of hydrogen-bond acceptors (Lipinski definition) is 4. The molecule has 0 radical (unpaired) electrons. The van der Waals surface area contributed by atoms with Crippen LogP contribution >= 0.6 is 0 Å². The van der Waals surface area contributed by atoms with Crippen molar-refractivity contribution >= 4 is 23.5 Å². The number of nitrogens with one attached hydrogen (secondary N) is 1. The summed E-state index contributed by atoms with van der Waals surface area (Å²) in [7, 11) is 0. The molecule has 0 saturated carbocycles. The second-order valence-corrected chi connectivity index (χ2v) is 6.18. The monoisotopic (exact) mass is 334 g/mol. The third-order valence-electron chi connectivity index (χ3n) is 4.01. The number of carbonyl (C=O) groups is 3. The molecule has 24 heavy (non-hydrogen) atoms. The van der Waals surface area contributed by atoms with Gasteiger partial charge in [0.1, 0.15) is 17.8 Å². The Morgan fingerprint density at radius 1 is 1.25 bits per heavy atom. The van der Waals surface area contributed by atoms with Gasteiger partial charge in [0.05, 0.1) is 5.69 Å². The minimum absolute atomic E-state index is 0.273. The minimum atomic E-state index is -1.10. The highest BCUT2D eigenvalue weighted by Crippen LogP contribution is 2.34. The number of ether oxygens (including phenoxy) is 1. The summed E-state index contributed by atoms with van der Waals surface area (Å²) in [6, 6.07) is 5.08. The quantitative estimate of drug-likeness (QED) is 0.849. The normalized spacial score (nSPS) is 19.3. The summed E-state index contributed by atoms with van der Waals surface area (Å²) in [6.07, 6.45) is -0.712. The average molecular weight is 334 g/mol. The Hall–Kier alpha value is -2.57. The van der Waals surface area contributed by atoms with Crippen molar-refractivity contribution in [1.29, 1.82) is 0 Å². The van der Waals surface area contributed by atoms with Crippen molar-refractivity contribution in [1.82, 2.24) is 5.32 Å². The van der Waals surface area contributed by atoms with Gasteiger partial charge in [0.25, 0.3) is 5.91 Å². The van der Waals surface area contributed by atoms with E-state index < -0.39 is 30.1 Å². The number of anilines is 1. The summed E-state index contributed by atoms with van der Waals surface area (Å²) < 4.78 is 5.54. The van der Waals surface area contributed by atoms with E-state index in [1.807, 2.05) is 0 Å². The van der Waals surface area contributed by atoms with Crippen LogP contribution in [0.2, 0.25) is 0 Å². The third kappa shape index (κ3) is 3.34. The van der Waals surface area contributed by atoms with Crippen molar-refractivity contribution in [2.45, 2.75) is 45.9 Å². The van der Waals surface area contributed by atoms with Crippen LogP contribution in [-0.4, -0.2) is 41.1 Å². The van der Waals surface area contributed by atoms with Gasteiger partial charge in [0, 0.05) is 0 Å². The van der Waals surface area contributed by atoms with Gasteiger partial charge < -0.3 is 15.2 Å². The first-order valence-corrected chi connectivity index (χ1v) is 7.86. The predicted molar refractivity (Wildman–Crippen MR) is 87.9 cm³/mol. The summed E-state index contributed by atoms with van der Waals surface area (Å²) in [5.74, 6) is -1.72. The van der Waals surface area contributed by atoms with Gasteiger partial charge in [-0.25, -0.2) is 4.79 Å². The van der Waals surface area contributed by atoms with Crippen molar-refractivity contribution in [2.24, 2.45) is 5.92 Å². The number of hydrogen-bond donors (Lipinski definition) is 2. The molecule has 1 aliphatic heterocycles. The number of amides is 2. The first-order chi connectivity index (χ1) is 11.2. The Morgan fingerprint density at radius 2 is 1.88 bits per heavy atom. The fourth-order valence-electron chi connectivity index (χ4n) is 2.62. The van der Waals surface area contributed by atoms with E-state index in [0.29, 0.717) is 11.4 Å². The number of carbonyl (C=O) groups excluding carboxylic acids is 2. The second kappa shape index (κ2) is 6.90. The summed E-state index contributed by atoms with van der Waals surface area (Å²) >= 11 is 0. The lowest BCUT2D eigenvalue weighted by Gasteiger charge is -2.36. The largest absolute Gasteiger partial charge is 0.480 e. The Labute approximate surface area is 140 Å². The van der Waals surface area contributed by atoms with Crippen LogP contribution in [0, 0.1) is 5.92 Å². The van der Waals surface area contributed by atoms with Crippen molar-refractivity contribution in [3.05, 3.63) is 24.3 Å². The molecule has 7 nitrogen and oxygen atoms in total. The highest BCUT2D eigenvalue weighted by Gasteiger charge is 2.38. The Bertz CT molecular complexity index is 658. The number of rotatable bonds is 5. The first-order valence-electron chi connectivity index (χ1n) is 7.86. The fourth-order valence-corrected chi connectivity index (χ4v) is 2.62. The molecule has 1 aromatic rings. The third-order valence-corrected chi connectivity index (χ3v) is 4.01. The van der Waals surface area contributed by atoms with E-state index in [2.05, 4.69) is 5.32 Å². The molecule has 0 spiro atoms. The van der Waals surface area contributed by atoms with Gasteiger partial charge in [0.2, 0.25) is 5.91 Å². The van der Waals surface area contributed by atoms with Crippen LogP contribution in [0.4, 0.5) is 5.69 Å². The average Bonchev–Trinajstić information content (AvgIpc) is 2.52. The topological polar surface area (TPSA) is 95.9 Å². The Morgan fingerprint density at radius 3 is 2.46 bits per heavy atom. The first kappa shape index (κ1) is 17.8. The maximum atomic E-state index is 12.5. The number of aliphatic carboxylic acids is 1. The molecule has 2 N–H and O–H groups in total. The second-order valence-electron chi connectivity index (χ2n) is 6.18. The van der Waals surface area contributed by atoms with E-state index >= 15 is 0 Å². The molecule has 0 aromatic heterocycles. The molecule has 130 valence electrons. The number of para-hydroxylation sites is 2. The van der Waals surface area contributed by atoms with Crippen LogP contribution in [-0.2, 0) is 14.4 Å². The summed E-state index contributed by atoms with van der Waals surface area (Å²) in [6.45, 7) is 6.60. The van der Waals surface area contributed by atoms with Gasteiger partial charge in [-0.1, -0.05) is 26.0 Å². The van der Waals surface area contributed by atoms with Crippen molar-refractivity contribution in [2.75, 3.05) is 4.90 Å². The SMILES string of the molecule is CC1Oc2ccccc2N(C(C)C(=O)NC(C(=O)O)C(C)C)C1=O. The highest BCUT2D eigenvalue weighted by atomic mass is 16.5. The van der Waals surface area contributed by atoms with E-state index in [-0.39, 0.29) is 11.8 Å². The molecule has 0 bridgehead atoms. The van der Waals surface area contributed by atoms with Crippen molar-refractivity contribution in [3.8, 4) is 5.75 Å². The molecule has 0 saturated heterocycles. The molecular weight excluding hydrogens is 312 g/mol. The smallest absolute Gasteiger partial charge is 0.326 e. The van der Waals surface area contributed by atoms with E-state index in [9.17, 15) is 19.5 Å². The van der Waals surface area contributed by atoms with E-state index in [4.69, 9.17) is 4.74 Å². The minimum Gasteiger partial charge on any atom is -0.480 e. The molecule has 1 aliphatic rings. The van der Waals surface area contributed by atoms with Gasteiger partial charge in [-0.3, -0.25) is 14.5 Å². The zero-order valence-electron chi connectivity index (χ0n) is 14.1.